The van der Waals surface area contributed by atoms with E-state index in [0.717, 1.165) is 52.7 Å². The molecule has 0 radical (unpaired) electrons. The molecule has 0 atom stereocenters. The molecule has 3 aromatic rings. The minimum Gasteiger partial charge on any atom is -0.368 e. The zero-order valence-corrected chi connectivity index (χ0v) is 12.0. The molecule has 5 nitrogen and oxygen atoms in total. The number of benzene rings is 1. The van der Waals surface area contributed by atoms with Crippen LogP contribution in [0.5, 0.6) is 0 Å². The van der Waals surface area contributed by atoms with Gasteiger partial charge in [-0.1, -0.05) is 12.1 Å². The van der Waals surface area contributed by atoms with Gasteiger partial charge < -0.3 is 5.73 Å². The van der Waals surface area contributed by atoms with Gasteiger partial charge in [-0.05, 0) is 42.5 Å². The summed E-state index contributed by atoms with van der Waals surface area (Å²) >= 11 is 0. The van der Waals surface area contributed by atoms with Crippen LogP contribution in [0.3, 0.4) is 0 Å². The van der Waals surface area contributed by atoms with Crippen LogP contribution in [0.25, 0.3) is 16.6 Å². The highest BCUT2D eigenvalue weighted by Crippen LogP contribution is 2.30. The van der Waals surface area contributed by atoms with E-state index in [1.54, 1.807) is 12.4 Å². The van der Waals surface area contributed by atoms with Crippen LogP contribution in [0.2, 0.25) is 0 Å². The number of nitrogen functional groups attached to an aromatic ring is 1. The maximum absolute atomic E-state index is 5.73. The summed E-state index contributed by atoms with van der Waals surface area (Å²) in [5.74, 6) is 0.337. The first-order chi connectivity index (χ1) is 10.8. The van der Waals surface area contributed by atoms with E-state index in [4.69, 9.17) is 5.73 Å². The van der Waals surface area contributed by atoms with Gasteiger partial charge in [0, 0.05) is 24.2 Å². The molecule has 0 spiro atoms. The Morgan fingerprint density at radius 1 is 1.00 bits per heavy atom. The summed E-state index contributed by atoms with van der Waals surface area (Å²) in [6, 6.07) is 6.15. The second kappa shape index (κ2) is 5.18. The summed E-state index contributed by atoms with van der Waals surface area (Å²) in [7, 11) is 0. The highest BCUT2D eigenvalue weighted by molar-refractivity contribution is 5.86. The second-order valence-electron chi connectivity index (χ2n) is 5.36. The fourth-order valence-electron chi connectivity index (χ4n) is 2.88. The third kappa shape index (κ3) is 2.20. The van der Waals surface area contributed by atoms with Gasteiger partial charge in [-0.2, -0.15) is 0 Å². The molecular weight excluding hydrogens is 274 g/mol. The molecule has 0 bridgehead atoms. The first kappa shape index (κ1) is 12.9. The van der Waals surface area contributed by atoms with Crippen LogP contribution >= 0.6 is 0 Å². The van der Waals surface area contributed by atoms with Crippen molar-refractivity contribution in [3.63, 3.8) is 0 Å². The molecule has 22 heavy (non-hydrogen) atoms. The maximum Gasteiger partial charge on any atom is 0.220 e. The highest BCUT2D eigenvalue weighted by Gasteiger charge is 2.15. The van der Waals surface area contributed by atoms with Gasteiger partial charge in [-0.25, -0.2) is 9.97 Å². The lowest BCUT2D eigenvalue weighted by atomic mass is 9.97. The molecule has 0 saturated carbocycles. The number of aromatic nitrogens is 4. The molecule has 1 aromatic carbocycles. The average molecular weight is 289 g/mol. The fraction of sp³-hybridized carbons (Fsp3) is 0.176. The van der Waals surface area contributed by atoms with Gasteiger partial charge in [0.15, 0.2) is 0 Å². The summed E-state index contributed by atoms with van der Waals surface area (Å²) in [5.41, 5.74) is 11.9. The quantitative estimate of drug-likeness (QED) is 0.745. The number of allylic oxidation sites excluding steroid dienone is 1. The van der Waals surface area contributed by atoms with Crippen molar-refractivity contribution in [3.8, 4) is 0 Å². The Kier molecular flexibility index (Phi) is 3.04. The molecule has 0 saturated heterocycles. The highest BCUT2D eigenvalue weighted by atomic mass is 15.0. The predicted molar refractivity (Wildman–Crippen MR) is 86.0 cm³/mol. The van der Waals surface area contributed by atoms with Crippen LogP contribution in [0.15, 0.2) is 42.9 Å². The topological polar surface area (TPSA) is 77.6 Å². The van der Waals surface area contributed by atoms with Gasteiger partial charge in [0.25, 0.3) is 0 Å². The van der Waals surface area contributed by atoms with Crippen molar-refractivity contribution in [1.29, 1.82) is 0 Å². The maximum atomic E-state index is 5.73. The van der Waals surface area contributed by atoms with Crippen LogP contribution < -0.4 is 5.73 Å². The number of rotatable bonds is 1. The molecular formula is C17H15N5. The molecule has 0 fully saturated rings. The molecule has 1 aliphatic rings. The molecule has 0 amide bonds. The molecule has 1 aliphatic carbocycles. The Bertz CT molecular complexity index is 885. The number of hydrogen-bond donors (Lipinski definition) is 1. The largest absolute Gasteiger partial charge is 0.368 e. The van der Waals surface area contributed by atoms with E-state index < -0.39 is 0 Å². The van der Waals surface area contributed by atoms with Gasteiger partial charge in [-0.3, -0.25) is 9.97 Å². The van der Waals surface area contributed by atoms with Crippen LogP contribution in [-0.2, 0) is 6.42 Å². The third-order valence-corrected chi connectivity index (χ3v) is 3.92. The van der Waals surface area contributed by atoms with E-state index in [2.05, 4.69) is 38.1 Å². The number of aryl methyl sites for hydroxylation is 1. The minimum absolute atomic E-state index is 0.337. The Labute approximate surface area is 128 Å². The normalized spacial score (nSPS) is 14.3. The van der Waals surface area contributed by atoms with E-state index in [9.17, 15) is 0 Å². The number of nitrogens with two attached hydrogens (primary N) is 1. The van der Waals surface area contributed by atoms with Crippen LogP contribution in [0.4, 0.5) is 5.95 Å². The number of nitrogens with zero attached hydrogens (tertiary/aromatic N) is 4. The molecule has 4 rings (SSSR count). The van der Waals surface area contributed by atoms with E-state index >= 15 is 0 Å². The number of fused-ring (bicyclic) bond motifs is 2. The van der Waals surface area contributed by atoms with E-state index in [-0.39, 0.29) is 0 Å². The van der Waals surface area contributed by atoms with Crippen molar-refractivity contribution in [1.82, 2.24) is 19.9 Å². The average Bonchev–Trinajstić information content (AvgIpc) is 2.76. The number of hydrogen-bond acceptors (Lipinski definition) is 5. The summed E-state index contributed by atoms with van der Waals surface area (Å²) in [4.78, 5) is 17.3. The Morgan fingerprint density at radius 3 is 2.77 bits per heavy atom. The molecule has 0 aliphatic heterocycles. The lowest BCUT2D eigenvalue weighted by molar-refractivity contribution is 0.823. The molecule has 5 heteroatoms. The summed E-state index contributed by atoms with van der Waals surface area (Å²) in [5, 5.41) is 0. The van der Waals surface area contributed by atoms with E-state index in [1.165, 1.54) is 0 Å². The summed E-state index contributed by atoms with van der Waals surface area (Å²) in [6.45, 7) is 0. The van der Waals surface area contributed by atoms with Crippen molar-refractivity contribution >= 4 is 22.6 Å². The van der Waals surface area contributed by atoms with Gasteiger partial charge in [0.05, 0.1) is 16.7 Å². The Morgan fingerprint density at radius 2 is 1.86 bits per heavy atom. The molecule has 108 valence electrons. The molecule has 2 N–H and O–H groups in total. The summed E-state index contributed by atoms with van der Waals surface area (Å²) in [6.07, 6.45) is 10.5. The lowest BCUT2D eigenvalue weighted by Gasteiger charge is -2.11. The van der Waals surface area contributed by atoms with Crippen molar-refractivity contribution in [2.24, 2.45) is 0 Å². The second-order valence-corrected chi connectivity index (χ2v) is 5.36. The predicted octanol–water partition coefficient (Wildman–Crippen LogP) is 2.77. The molecule has 2 aromatic heterocycles. The van der Waals surface area contributed by atoms with Gasteiger partial charge >= 0.3 is 0 Å². The molecule has 2 heterocycles. The van der Waals surface area contributed by atoms with Crippen molar-refractivity contribution in [3.05, 3.63) is 59.7 Å². The van der Waals surface area contributed by atoms with Gasteiger partial charge in [0.2, 0.25) is 5.95 Å². The van der Waals surface area contributed by atoms with Gasteiger partial charge in [-0.15, -0.1) is 0 Å². The first-order valence-corrected chi connectivity index (χ1v) is 7.34. The van der Waals surface area contributed by atoms with Crippen molar-refractivity contribution in [2.45, 2.75) is 19.3 Å². The standard InChI is InChI=1S/C17H15N5/c18-17-21-10-13-12(3-1-2-4-14(13)22-17)11-5-6-15-16(9-11)20-8-7-19-15/h3,5-10H,1-2,4H2,(H2,18,21,22). The summed E-state index contributed by atoms with van der Waals surface area (Å²) < 4.78 is 0. The van der Waals surface area contributed by atoms with Gasteiger partial charge in [0.1, 0.15) is 0 Å². The van der Waals surface area contributed by atoms with Crippen LogP contribution in [-0.4, -0.2) is 19.9 Å². The third-order valence-electron chi connectivity index (χ3n) is 3.92. The Balaban J connectivity index is 1.88. The monoisotopic (exact) mass is 289 g/mol. The number of anilines is 1. The minimum atomic E-state index is 0.337. The zero-order valence-electron chi connectivity index (χ0n) is 12.0. The SMILES string of the molecule is Nc1ncc2c(n1)CCCC=C2c1ccc2nccnc2c1. The first-order valence-electron chi connectivity index (χ1n) is 7.34. The van der Waals surface area contributed by atoms with Crippen molar-refractivity contribution < 1.29 is 0 Å². The zero-order chi connectivity index (χ0) is 14.9. The van der Waals surface area contributed by atoms with E-state index in [1.807, 2.05) is 12.3 Å². The van der Waals surface area contributed by atoms with Crippen LogP contribution in [0, 0.1) is 0 Å². The lowest BCUT2D eigenvalue weighted by Crippen LogP contribution is -2.03. The fourth-order valence-corrected chi connectivity index (χ4v) is 2.88. The smallest absolute Gasteiger partial charge is 0.220 e. The Hall–Kier alpha value is -2.82. The molecule has 0 unspecified atom stereocenters. The van der Waals surface area contributed by atoms with E-state index in [0.29, 0.717) is 5.95 Å². The van der Waals surface area contributed by atoms with Crippen LogP contribution in [0.1, 0.15) is 29.7 Å². The van der Waals surface area contributed by atoms with Crippen molar-refractivity contribution in [2.75, 3.05) is 5.73 Å².